The molecule has 0 atom stereocenters. The molecule has 0 saturated heterocycles. The molecule has 1 nitrogen and oxygen atoms in total. The summed E-state index contributed by atoms with van der Waals surface area (Å²) in [5.41, 5.74) is 0.630. The van der Waals surface area contributed by atoms with E-state index >= 15 is 0 Å². The molecule has 15 heavy (non-hydrogen) atoms. The van der Waals surface area contributed by atoms with Crippen LogP contribution in [0.15, 0.2) is 0 Å². The van der Waals surface area contributed by atoms with E-state index < -0.39 is 0 Å². The molecule has 0 heterocycles. The first-order valence-corrected chi connectivity index (χ1v) is 6.69. The highest BCUT2D eigenvalue weighted by Crippen LogP contribution is 2.41. The Hall–Kier alpha value is -0.0400. The van der Waals surface area contributed by atoms with E-state index in [1.165, 1.54) is 38.6 Å². The molecule has 0 N–H and O–H groups in total. The normalized spacial score (nSPS) is 32.6. The quantitative estimate of drug-likeness (QED) is 0.681. The van der Waals surface area contributed by atoms with Crippen LogP contribution in [0.2, 0.25) is 0 Å². The SMILES string of the molecule is CCC1(CN(C)C(C)C)CCC(C)CC1. The average molecular weight is 211 g/mol. The molecule has 1 saturated carbocycles. The van der Waals surface area contributed by atoms with Gasteiger partial charge in [-0.05, 0) is 51.5 Å². The largest absolute Gasteiger partial charge is 0.303 e. The predicted octanol–water partition coefficient (Wildman–Crippen LogP) is 3.93. The van der Waals surface area contributed by atoms with Crippen molar-refractivity contribution in [2.45, 2.75) is 65.8 Å². The molecule has 1 fully saturated rings. The molecule has 0 amide bonds. The second-order valence-electron chi connectivity index (χ2n) is 6.04. The maximum Gasteiger partial charge on any atom is 0.00375 e. The van der Waals surface area contributed by atoms with E-state index in [9.17, 15) is 0 Å². The van der Waals surface area contributed by atoms with Crippen molar-refractivity contribution in [1.29, 1.82) is 0 Å². The fourth-order valence-corrected chi connectivity index (χ4v) is 2.71. The van der Waals surface area contributed by atoms with E-state index in [-0.39, 0.29) is 0 Å². The summed E-state index contributed by atoms with van der Waals surface area (Å²) in [5, 5.41) is 0. The molecule has 1 rings (SSSR count). The third-order valence-electron chi connectivity index (χ3n) is 4.55. The van der Waals surface area contributed by atoms with Crippen LogP contribution >= 0.6 is 0 Å². The average Bonchev–Trinajstić information content (AvgIpc) is 2.21. The summed E-state index contributed by atoms with van der Waals surface area (Å²) in [6, 6.07) is 0.688. The number of hydrogen-bond donors (Lipinski definition) is 0. The van der Waals surface area contributed by atoms with Crippen molar-refractivity contribution in [2.24, 2.45) is 11.3 Å². The maximum atomic E-state index is 2.53. The van der Waals surface area contributed by atoms with Crippen LogP contribution < -0.4 is 0 Å². The van der Waals surface area contributed by atoms with Crippen LogP contribution in [0.4, 0.5) is 0 Å². The van der Waals surface area contributed by atoms with Gasteiger partial charge in [0.1, 0.15) is 0 Å². The molecule has 1 aliphatic rings. The topological polar surface area (TPSA) is 3.24 Å². The Balaban J connectivity index is 2.53. The lowest BCUT2D eigenvalue weighted by molar-refractivity contribution is 0.0828. The maximum absolute atomic E-state index is 2.53. The van der Waals surface area contributed by atoms with Crippen molar-refractivity contribution in [3.05, 3.63) is 0 Å². The van der Waals surface area contributed by atoms with Crippen LogP contribution in [-0.4, -0.2) is 24.5 Å². The Morgan fingerprint density at radius 1 is 1.27 bits per heavy atom. The second-order valence-corrected chi connectivity index (χ2v) is 6.04. The van der Waals surface area contributed by atoms with Gasteiger partial charge in [-0.3, -0.25) is 0 Å². The lowest BCUT2D eigenvalue weighted by Gasteiger charge is -2.42. The van der Waals surface area contributed by atoms with Crippen LogP contribution in [0.5, 0.6) is 0 Å². The van der Waals surface area contributed by atoms with Crippen LogP contribution in [0.1, 0.15) is 59.8 Å². The molecule has 1 aliphatic carbocycles. The van der Waals surface area contributed by atoms with Gasteiger partial charge in [-0.1, -0.05) is 26.7 Å². The summed E-state index contributed by atoms with van der Waals surface area (Å²) in [4.78, 5) is 2.53. The van der Waals surface area contributed by atoms with Crippen LogP contribution in [0.25, 0.3) is 0 Å². The van der Waals surface area contributed by atoms with Gasteiger partial charge < -0.3 is 4.90 Å². The van der Waals surface area contributed by atoms with Crippen molar-refractivity contribution in [3.8, 4) is 0 Å². The van der Waals surface area contributed by atoms with E-state index in [0.717, 1.165) is 5.92 Å². The van der Waals surface area contributed by atoms with Crippen molar-refractivity contribution >= 4 is 0 Å². The summed E-state index contributed by atoms with van der Waals surface area (Å²) in [6.07, 6.45) is 7.14. The number of rotatable bonds is 4. The molecule has 0 unspecified atom stereocenters. The Morgan fingerprint density at radius 2 is 1.80 bits per heavy atom. The van der Waals surface area contributed by atoms with Crippen molar-refractivity contribution in [2.75, 3.05) is 13.6 Å². The smallest absolute Gasteiger partial charge is 0.00375 e. The van der Waals surface area contributed by atoms with Crippen molar-refractivity contribution in [3.63, 3.8) is 0 Å². The molecule has 0 spiro atoms. The minimum absolute atomic E-state index is 0.630. The minimum atomic E-state index is 0.630. The zero-order valence-electron chi connectivity index (χ0n) is 11.3. The van der Waals surface area contributed by atoms with E-state index in [4.69, 9.17) is 0 Å². The summed E-state index contributed by atoms with van der Waals surface area (Å²) >= 11 is 0. The number of hydrogen-bond acceptors (Lipinski definition) is 1. The predicted molar refractivity (Wildman–Crippen MR) is 68.1 cm³/mol. The fraction of sp³-hybridized carbons (Fsp3) is 1.00. The first kappa shape index (κ1) is 13.0. The monoisotopic (exact) mass is 211 g/mol. The molecular formula is C14H29N. The third-order valence-corrected chi connectivity index (χ3v) is 4.55. The van der Waals surface area contributed by atoms with Gasteiger partial charge in [0.15, 0.2) is 0 Å². The van der Waals surface area contributed by atoms with Gasteiger partial charge >= 0.3 is 0 Å². The van der Waals surface area contributed by atoms with Crippen LogP contribution in [0.3, 0.4) is 0 Å². The Morgan fingerprint density at radius 3 is 2.20 bits per heavy atom. The summed E-state index contributed by atoms with van der Waals surface area (Å²) in [5.74, 6) is 0.967. The van der Waals surface area contributed by atoms with Gasteiger partial charge in [0.25, 0.3) is 0 Å². The van der Waals surface area contributed by atoms with Gasteiger partial charge in [0.2, 0.25) is 0 Å². The third kappa shape index (κ3) is 3.48. The highest BCUT2D eigenvalue weighted by molar-refractivity contribution is 4.86. The zero-order chi connectivity index (χ0) is 11.5. The van der Waals surface area contributed by atoms with E-state index in [0.29, 0.717) is 11.5 Å². The summed E-state index contributed by atoms with van der Waals surface area (Å²) in [7, 11) is 2.28. The lowest BCUT2D eigenvalue weighted by atomic mass is 9.69. The standard InChI is InChI=1S/C14H29N/c1-6-14(11-15(5)12(2)3)9-7-13(4)8-10-14/h12-13H,6-11H2,1-5H3. The Labute approximate surface area is 96.2 Å². The number of nitrogens with zero attached hydrogens (tertiary/aromatic N) is 1. The molecule has 0 aliphatic heterocycles. The van der Waals surface area contributed by atoms with Crippen LogP contribution in [-0.2, 0) is 0 Å². The fourth-order valence-electron chi connectivity index (χ4n) is 2.71. The molecule has 0 aromatic carbocycles. The molecule has 0 aromatic heterocycles. The van der Waals surface area contributed by atoms with Gasteiger partial charge in [-0.25, -0.2) is 0 Å². The van der Waals surface area contributed by atoms with Crippen molar-refractivity contribution in [1.82, 2.24) is 4.90 Å². The Bertz CT molecular complexity index is 178. The highest BCUT2D eigenvalue weighted by atomic mass is 15.1. The van der Waals surface area contributed by atoms with E-state index in [2.05, 4.69) is 39.6 Å². The van der Waals surface area contributed by atoms with E-state index in [1.807, 2.05) is 0 Å². The van der Waals surface area contributed by atoms with Gasteiger partial charge in [-0.15, -0.1) is 0 Å². The summed E-state index contributed by atoms with van der Waals surface area (Å²) < 4.78 is 0. The molecule has 0 bridgehead atoms. The highest BCUT2D eigenvalue weighted by Gasteiger charge is 2.33. The zero-order valence-corrected chi connectivity index (χ0v) is 11.3. The molecule has 0 radical (unpaired) electrons. The second kappa shape index (κ2) is 5.34. The van der Waals surface area contributed by atoms with Gasteiger partial charge in [0, 0.05) is 12.6 Å². The molecule has 1 heteroatoms. The summed E-state index contributed by atoms with van der Waals surface area (Å²) in [6.45, 7) is 10.7. The molecule has 0 aromatic rings. The molecule has 90 valence electrons. The lowest BCUT2D eigenvalue weighted by Crippen LogP contribution is -2.40. The van der Waals surface area contributed by atoms with Crippen molar-refractivity contribution < 1.29 is 0 Å². The van der Waals surface area contributed by atoms with Crippen LogP contribution in [0, 0.1) is 11.3 Å². The van der Waals surface area contributed by atoms with Gasteiger partial charge in [-0.2, -0.15) is 0 Å². The minimum Gasteiger partial charge on any atom is -0.303 e. The van der Waals surface area contributed by atoms with Gasteiger partial charge in [0.05, 0.1) is 0 Å². The van der Waals surface area contributed by atoms with E-state index in [1.54, 1.807) is 0 Å². The molecular weight excluding hydrogens is 182 g/mol. The first-order chi connectivity index (χ1) is 6.99. The first-order valence-electron chi connectivity index (χ1n) is 6.69. The Kier molecular flexibility index (Phi) is 4.64.